The molecule has 2 bridgehead atoms. The van der Waals surface area contributed by atoms with Crippen molar-refractivity contribution in [3.05, 3.63) is 28.8 Å². The van der Waals surface area contributed by atoms with E-state index in [-0.39, 0.29) is 40.4 Å². The van der Waals surface area contributed by atoms with Crippen LogP contribution in [0.2, 0.25) is 5.02 Å². The summed E-state index contributed by atoms with van der Waals surface area (Å²) in [7, 11) is 0. The maximum atomic E-state index is 13.0. The molecule has 0 aromatic heterocycles. The molecule has 1 saturated heterocycles. The molecule has 5 rings (SSSR count). The molecule has 4 aliphatic rings. The zero-order chi connectivity index (χ0) is 22.8. The summed E-state index contributed by atoms with van der Waals surface area (Å²) in [6.45, 7) is 0. The molecular formula is C23H24ClF3N2O3. The maximum Gasteiger partial charge on any atom is 0.416 e. The van der Waals surface area contributed by atoms with E-state index in [1.807, 2.05) is 0 Å². The van der Waals surface area contributed by atoms with Crippen LogP contribution in [-0.2, 0) is 20.6 Å². The SMILES string of the molecule is O=C(Nc1cc(C(F)(F)F)ccc1Cl)C1CCC(N2C(=O)C3C4CCC(C4)C3C2=O)CC1. The van der Waals surface area contributed by atoms with Crippen molar-refractivity contribution in [2.24, 2.45) is 29.6 Å². The van der Waals surface area contributed by atoms with Crippen LogP contribution in [0.3, 0.4) is 0 Å². The van der Waals surface area contributed by atoms with Gasteiger partial charge in [-0.2, -0.15) is 13.2 Å². The Morgan fingerprint density at radius 2 is 1.56 bits per heavy atom. The highest BCUT2D eigenvalue weighted by atomic mass is 35.5. The van der Waals surface area contributed by atoms with Gasteiger partial charge >= 0.3 is 6.18 Å². The summed E-state index contributed by atoms with van der Waals surface area (Å²) in [5, 5.41) is 2.56. The van der Waals surface area contributed by atoms with Crippen molar-refractivity contribution in [3.8, 4) is 0 Å². The lowest BCUT2D eigenvalue weighted by atomic mass is 9.81. The van der Waals surface area contributed by atoms with Gasteiger partial charge in [-0.05, 0) is 75.0 Å². The lowest BCUT2D eigenvalue weighted by Crippen LogP contribution is -2.44. The van der Waals surface area contributed by atoms with Crippen LogP contribution in [0, 0.1) is 29.6 Å². The number of nitrogens with one attached hydrogen (secondary N) is 1. The molecule has 1 aromatic rings. The van der Waals surface area contributed by atoms with Crippen LogP contribution in [0.1, 0.15) is 50.5 Å². The normalized spacial score (nSPS) is 34.2. The second kappa shape index (κ2) is 7.75. The van der Waals surface area contributed by atoms with Gasteiger partial charge in [0.25, 0.3) is 0 Å². The minimum absolute atomic E-state index is 0.0316. The number of rotatable bonds is 3. The van der Waals surface area contributed by atoms with Crippen LogP contribution in [0.15, 0.2) is 18.2 Å². The van der Waals surface area contributed by atoms with Gasteiger partial charge < -0.3 is 5.32 Å². The molecule has 3 amide bonds. The third kappa shape index (κ3) is 3.51. The van der Waals surface area contributed by atoms with Crippen LogP contribution in [0.25, 0.3) is 0 Å². The minimum Gasteiger partial charge on any atom is -0.325 e. The Balaban J connectivity index is 1.22. The molecule has 3 aliphatic carbocycles. The molecule has 1 aliphatic heterocycles. The zero-order valence-corrected chi connectivity index (χ0v) is 18.1. The fraction of sp³-hybridized carbons (Fsp3) is 0.609. The average Bonchev–Trinajstić information content (AvgIpc) is 3.43. The zero-order valence-electron chi connectivity index (χ0n) is 17.3. The smallest absolute Gasteiger partial charge is 0.325 e. The van der Waals surface area contributed by atoms with E-state index in [1.165, 1.54) is 4.90 Å². The van der Waals surface area contributed by atoms with Gasteiger partial charge in [-0.25, -0.2) is 0 Å². The van der Waals surface area contributed by atoms with Crippen LogP contribution < -0.4 is 5.32 Å². The van der Waals surface area contributed by atoms with Crippen molar-refractivity contribution < 1.29 is 27.6 Å². The van der Waals surface area contributed by atoms with Crippen LogP contribution >= 0.6 is 11.6 Å². The topological polar surface area (TPSA) is 66.5 Å². The molecule has 1 aromatic carbocycles. The molecule has 1 heterocycles. The molecule has 32 heavy (non-hydrogen) atoms. The number of hydrogen-bond donors (Lipinski definition) is 1. The molecule has 5 nitrogen and oxygen atoms in total. The van der Waals surface area contributed by atoms with Gasteiger partial charge in [0.05, 0.1) is 28.1 Å². The molecule has 172 valence electrons. The number of likely N-dealkylation sites (tertiary alicyclic amines) is 1. The first-order chi connectivity index (χ1) is 15.1. The summed E-state index contributed by atoms with van der Waals surface area (Å²) >= 11 is 5.98. The van der Waals surface area contributed by atoms with Crippen molar-refractivity contribution >= 4 is 35.0 Å². The number of benzene rings is 1. The number of fused-ring (bicyclic) bond motifs is 5. The Kier molecular flexibility index (Phi) is 5.26. The van der Waals surface area contributed by atoms with Crippen molar-refractivity contribution in [1.82, 2.24) is 4.90 Å². The van der Waals surface area contributed by atoms with Gasteiger partial charge in [0.1, 0.15) is 0 Å². The minimum atomic E-state index is -4.53. The summed E-state index contributed by atoms with van der Waals surface area (Å²) < 4.78 is 38.9. The Bertz CT molecular complexity index is 946. The van der Waals surface area contributed by atoms with Gasteiger partial charge in [0, 0.05) is 12.0 Å². The predicted octanol–water partition coefficient (Wildman–Crippen LogP) is 4.89. The van der Waals surface area contributed by atoms with Crippen molar-refractivity contribution in [2.45, 2.75) is 57.2 Å². The van der Waals surface area contributed by atoms with Gasteiger partial charge in [-0.15, -0.1) is 0 Å². The number of anilines is 1. The third-order valence-corrected chi connectivity index (χ3v) is 8.28. The summed E-state index contributed by atoms with van der Waals surface area (Å²) in [6, 6.07) is 2.63. The number of amides is 3. The van der Waals surface area contributed by atoms with E-state index in [0.29, 0.717) is 37.5 Å². The summed E-state index contributed by atoms with van der Waals surface area (Å²) in [4.78, 5) is 40.2. The van der Waals surface area contributed by atoms with Crippen LogP contribution in [0.4, 0.5) is 18.9 Å². The fourth-order valence-electron chi connectivity index (χ4n) is 6.42. The Morgan fingerprint density at radius 1 is 0.969 bits per heavy atom. The second-order valence-corrected chi connectivity index (χ2v) is 10.0. The molecule has 4 atom stereocenters. The highest BCUT2D eigenvalue weighted by Gasteiger charge is 2.61. The first kappa shape index (κ1) is 21.7. The number of alkyl halides is 3. The first-order valence-corrected chi connectivity index (χ1v) is 11.6. The first-order valence-electron chi connectivity index (χ1n) is 11.2. The Hall–Kier alpha value is -2.09. The molecule has 3 saturated carbocycles. The maximum absolute atomic E-state index is 13.0. The van der Waals surface area contributed by atoms with Gasteiger partial charge in [0.2, 0.25) is 17.7 Å². The van der Waals surface area contributed by atoms with E-state index in [4.69, 9.17) is 11.6 Å². The van der Waals surface area contributed by atoms with E-state index in [9.17, 15) is 27.6 Å². The molecule has 0 radical (unpaired) electrons. The van der Waals surface area contributed by atoms with E-state index < -0.39 is 23.6 Å². The lowest BCUT2D eigenvalue weighted by molar-refractivity contribution is -0.144. The number of carbonyl (C=O) groups excluding carboxylic acids is 3. The van der Waals surface area contributed by atoms with E-state index >= 15 is 0 Å². The molecule has 4 fully saturated rings. The summed E-state index contributed by atoms with van der Waals surface area (Å²) in [6.07, 6.45) is 0.508. The molecular weight excluding hydrogens is 445 g/mol. The lowest BCUT2D eigenvalue weighted by Gasteiger charge is -2.33. The quantitative estimate of drug-likeness (QED) is 0.642. The molecule has 4 unspecified atom stereocenters. The van der Waals surface area contributed by atoms with E-state index in [2.05, 4.69) is 5.32 Å². The number of nitrogens with zero attached hydrogens (tertiary/aromatic N) is 1. The summed E-state index contributed by atoms with van der Waals surface area (Å²) in [5.74, 6) is -0.474. The van der Waals surface area contributed by atoms with Crippen molar-refractivity contribution in [3.63, 3.8) is 0 Å². The van der Waals surface area contributed by atoms with Crippen molar-refractivity contribution in [1.29, 1.82) is 0 Å². The molecule has 0 spiro atoms. The Morgan fingerprint density at radius 3 is 2.12 bits per heavy atom. The number of carbonyl (C=O) groups is 3. The fourth-order valence-corrected chi connectivity index (χ4v) is 6.58. The standard InChI is InChI=1S/C23H24ClF3N2O3/c24-16-8-5-14(23(25,26)27)10-17(16)28-20(30)11-3-6-15(7-4-11)29-21(31)18-12-1-2-13(9-12)19(18)22(29)32/h5,8,10-13,15,18-19H,1-4,6-7,9H2,(H,28,30). The molecule has 1 N–H and O–H groups in total. The largest absolute Gasteiger partial charge is 0.416 e. The highest BCUT2D eigenvalue weighted by molar-refractivity contribution is 6.33. The van der Waals surface area contributed by atoms with Crippen LogP contribution in [-0.4, -0.2) is 28.7 Å². The molecule has 9 heteroatoms. The van der Waals surface area contributed by atoms with Gasteiger partial charge in [-0.1, -0.05) is 11.6 Å². The van der Waals surface area contributed by atoms with Gasteiger partial charge in [0.15, 0.2) is 0 Å². The second-order valence-electron chi connectivity index (χ2n) is 9.62. The number of hydrogen-bond acceptors (Lipinski definition) is 3. The Labute approximate surface area is 188 Å². The number of imide groups is 1. The highest BCUT2D eigenvalue weighted by Crippen LogP contribution is 2.56. The predicted molar refractivity (Wildman–Crippen MR) is 110 cm³/mol. The number of halogens is 4. The summed E-state index contributed by atoms with van der Waals surface area (Å²) in [5.41, 5.74) is -0.951. The third-order valence-electron chi connectivity index (χ3n) is 7.95. The van der Waals surface area contributed by atoms with E-state index in [1.54, 1.807) is 0 Å². The van der Waals surface area contributed by atoms with Crippen molar-refractivity contribution in [2.75, 3.05) is 5.32 Å². The average molecular weight is 469 g/mol. The van der Waals surface area contributed by atoms with E-state index in [0.717, 1.165) is 37.5 Å². The monoisotopic (exact) mass is 468 g/mol. The van der Waals surface area contributed by atoms with Crippen LogP contribution in [0.5, 0.6) is 0 Å². The van der Waals surface area contributed by atoms with Gasteiger partial charge in [-0.3, -0.25) is 19.3 Å².